The minimum absolute atomic E-state index is 0.00134. The first-order valence-corrected chi connectivity index (χ1v) is 6.02. The van der Waals surface area contributed by atoms with Crippen LogP contribution in [0.3, 0.4) is 0 Å². The number of amides is 1. The molecule has 0 aliphatic carbocycles. The van der Waals surface area contributed by atoms with Gasteiger partial charge in [-0.1, -0.05) is 6.92 Å². The van der Waals surface area contributed by atoms with Crippen molar-refractivity contribution in [1.29, 1.82) is 0 Å². The highest BCUT2D eigenvalue weighted by Crippen LogP contribution is 2.25. The fourth-order valence-electron chi connectivity index (χ4n) is 1.56. The minimum atomic E-state index is -0.566. The number of nitrogens with zero attached hydrogens (tertiary/aromatic N) is 2. The molecule has 1 amide bonds. The minimum Gasteiger partial charge on any atom is -0.393 e. The van der Waals surface area contributed by atoms with Crippen LogP contribution in [0, 0.1) is 10.1 Å². The molecule has 6 heteroatoms. The Morgan fingerprint density at radius 1 is 1.47 bits per heavy atom. The summed E-state index contributed by atoms with van der Waals surface area (Å²) in [5.41, 5.74) is 5.47. The van der Waals surface area contributed by atoms with Gasteiger partial charge in [-0.15, -0.1) is 0 Å². The number of nitro groups is 1. The smallest absolute Gasteiger partial charge is 0.292 e. The molecule has 0 bridgehead atoms. The molecule has 0 spiro atoms. The molecule has 0 saturated carbocycles. The van der Waals surface area contributed by atoms with Gasteiger partial charge in [0.2, 0.25) is 0 Å². The van der Waals surface area contributed by atoms with E-state index in [9.17, 15) is 14.9 Å². The molecule has 0 aliphatic rings. The Hall–Kier alpha value is -2.11. The van der Waals surface area contributed by atoms with Crippen molar-refractivity contribution < 1.29 is 9.72 Å². The van der Waals surface area contributed by atoms with E-state index in [2.05, 4.69) is 0 Å². The molecule has 0 unspecified atom stereocenters. The van der Waals surface area contributed by atoms with Gasteiger partial charge in [-0.25, -0.2) is 0 Å². The second-order valence-corrected chi connectivity index (χ2v) is 5.06. The van der Waals surface area contributed by atoms with Crippen LogP contribution in [-0.2, 0) is 0 Å². The van der Waals surface area contributed by atoms with Gasteiger partial charge in [0, 0.05) is 24.2 Å². The lowest BCUT2D eigenvalue weighted by Crippen LogP contribution is -2.44. The summed E-state index contributed by atoms with van der Waals surface area (Å²) in [5, 5.41) is 10.7. The number of nitro benzene ring substituents is 1. The molecule has 0 atom stereocenters. The number of hydrogen-bond acceptors (Lipinski definition) is 4. The van der Waals surface area contributed by atoms with Crippen LogP contribution in [0.4, 0.5) is 11.4 Å². The molecule has 1 rings (SSSR count). The number of benzene rings is 1. The van der Waals surface area contributed by atoms with Gasteiger partial charge in [-0.2, -0.15) is 0 Å². The van der Waals surface area contributed by atoms with E-state index in [0.717, 1.165) is 6.42 Å². The van der Waals surface area contributed by atoms with Gasteiger partial charge in [0.25, 0.3) is 11.6 Å². The molecule has 19 heavy (non-hydrogen) atoms. The first-order chi connectivity index (χ1) is 8.70. The maximum atomic E-state index is 12.3. The molecule has 0 fully saturated rings. The average Bonchev–Trinajstić information content (AvgIpc) is 2.36. The third-order valence-electron chi connectivity index (χ3n) is 3.55. The summed E-state index contributed by atoms with van der Waals surface area (Å²) in [6.07, 6.45) is 0.803. The Kier molecular flexibility index (Phi) is 4.14. The van der Waals surface area contributed by atoms with Crippen molar-refractivity contribution in [2.45, 2.75) is 32.7 Å². The predicted octanol–water partition coefficient (Wildman–Crippen LogP) is 2.44. The highest BCUT2D eigenvalue weighted by molar-refractivity contribution is 5.96. The second kappa shape index (κ2) is 5.26. The summed E-state index contributed by atoms with van der Waals surface area (Å²) < 4.78 is 0. The highest BCUT2D eigenvalue weighted by Gasteiger charge is 2.27. The fraction of sp³-hybridized carbons (Fsp3) is 0.462. The van der Waals surface area contributed by atoms with Crippen molar-refractivity contribution in [2.24, 2.45) is 0 Å². The van der Waals surface area contributed by atoms with Crippen LogP contribution in [0.2, 0.25) is 0 Å². The van der Waals surface area contributed by atoms with Crippen molar-refractivity contribution in [3.8, 4) is 0 Å². The number of nitrogens with two attached hydrogens (primary N) is 1. The third kappa shape index (κ3) is 3.01. The van der Waals surface area contributed by atoms with E-state index < -0.39 is 4.92 Å². The van der Waals surface area contributed by atoms with E-state index in [-0.39, 0.29) is 22.8 Å². The lowest BCUT2D eigenvalue weighted by Gasteiger charge is -2.35. The molecule has 2 N–H and O–H groups in total. The molecule has 1 aromatic rings. The summed E-state index contributed by atoms with van der Waals surface area (Å²) >= 11 is 0. The standard InChI is InChI=1S/C13H19N3O3/c1-5-13(2,3)15(4)12(17)9-6-7-11(16(18)19)10(14)8-9/h6-8H,5,14H2,1-4H3. The Morgan fingerprint density at radius 3 is 2.47 bits per heavy atom. The zero-order valence-electron chi connectivity index (χ0n) is 11.6. The molecule has 0 aliphatic heterocycles. The molecule has 0 radical (unpaired) electrons. The fourth-order valence-corrected chi connectivity index (χ4v) is 1.56. The summed E-state index contributed by atoms with van der Waals surface area (Å²) in [6, 6.07) is 4.04. The zero-order valence-corrected chi connectivity index (χ0v) is 11.6. The maximum Gasteiger partial charge on any atom is 0.292 e. The molecular formula is C13H19N3O3. The molecule has 104 valence electrons. The molecular weight excluding hydrogens is 246 g/mol. The first-order valence-electron chi connectivity index (χ1n) is 6.02. The van der Waals surface area contributed by atoms with Crippen molar-refractivity contribution in [3.63, 3.8) is 0 Å². The van der Waals surface area contributed by atoms with Crippen LogP contribution in [0.25, 0.3) is 0 Å². The lowest BCUT2D eigenvalue weighted by molar-refractivity contribution is -0.383. The van der Waals surface area contributed by atoms with Crippen LogP contribution in [0.5, 0.6) is 0 Å². The third-order valence-corrected chi connectivity index (χ3v) is 3.55. The highest BCUT2D eigenvalue weighted by atomic mass is 16.6. The number of nitrogen functional groups attached to an aromatic ring is 1. The molecule has 1 aromatic carbocycles. The molecule has 0 heterocycles. The quantitative estimate of drug-likeness (QED) is 0.514. The van der Waals surface area contributed by atoms with Gasteiger partial charge in [0.05, 0.1) is 4.92 Å². The number of hydrogen-bond donors (Lipinski definition) is 1. The number of rotatable bonds is 4. The van der Waals surface area contributed by atoms with Gasteiger partial charge in [0.15, 0.2) is 0 Å². The van der Waals surface area contributed by atoms with E-state index in [1.807, 2.05) is 20.8 Å². The maximum absolute atomic E-state index is 12.3. The Morgan fingerprint density at radius 2 is 2.05 bits per heavy atom. The number of carbonyl (C=O) groups is 1. The Labute approximate surface area is 112 Å². The summed E-state index contributed by atoms with van der Waals surface area (Å²) in [5.74, 6) is -0.201. The topological polar surface area (TPSA) is 89.5 Å². The molecule has 6 nitrogen and oxygen atoms in total. The van der Waals surface area contributed by atoms with Crippen LogP contribution in [0.15, 0.2) is 18.2 Å². The summed E-state index contributed by atoms with van der Waals surface area (Å²) in [4.78, 5) is 24.0. The van der Waals surface area contributed by atoms with Crippen molar-refractivity contribution in [2.75, 3.05) is 12.8 Å². The largest absolute Gasteiger partial charge is 0.393 e. The van der Waals surface area contributed by atoms with E-state index in [1.165, 1.54) is 18.2 Å². The first kappa shape index (κ1) is 14.9. The number of carbonyl (C=O) groups excluding carboxylic acids is 1. The van der Waals surface area contributed by atoms with Crippen molar-refractivity contribution in [3.05, 3.63) is 33.9 Å². The monoisotopic (exact) mass is 265 g/mol. The summed E-state index contributed by atoms with van der Waals surface area (Å²) in [6.45, 7) is 5.91. The number of anilines is 1. The van der Waals surface area contributed by atoms with Gasteiger partial charge in [-0.3, -0.25) is 14.9 Å². The van der Waals surface area contributed by atoms with Gasteiger partial charge in [-0.05, 0) is 32.4 Å². The Bertz CT molecular complexity index is 512. The van der Waals surface area contributed by atoms with Gasteiger partial charge in [0.1, 0.15) is 5.69 Å². The average molecular weight is 265 g/mol. The van der Waals surface area contributed by atoms with Crippen LogP contribution >= 0.6 is 0 Å². The van der Waals surface area contributed by atoms with E-state index >= 15 is 0 Å². The second-order valence-electron chi connectivity index (χ2n) is 5.06. The Balaban J connectivity index is 3.08. The van der Waals surface area contributed by atoms with Crippen LogP contribution in [0.1, 0.15) is 37.6 Å². The predicted molar refractivity (Wildman–Crippen MR) is 74.0 cm³/mol. The SMILES string of the molecule is CCC(C)(C)N(C)C(=O)c1ccc([N+](=O)[O-])c(N)c1. The zero-order chi connectivity index (χ0) is 14.8. The van der Waals surface area contributed by atoms with Gasteiger partial charge < -0.3 is 10.6 Å². The van der Waals surface area contributed by atoms with E-state index in [4.69, 9.17) is 5.73 Å². The summed E-state index contributed by atoms with van der Waals surface area (Å²) in [7, 11) is 1.71. The van der Waals surface area contributed by atoms with Gasteiger partial charge >= 0.3 is 0 Å². The van der Waals surface area contributed by atoms with Crippen LogP contribution in [-0.4, -0.2) is 28.3 Å². The van der Waals surface area contributed by atoms with Crippen LogP contribution < -0.4 is 5.73 Å². The molecule has 0 aromatic heterocycles. The van der Waals surface area contributed by atoms with E-state index in [1.54, 1.807) is 11.9 Å². The van der Waals surface area contributed by atoms with Crippen molar-refractivity contribution in [1.82, 2.24) is 4.90 Å². The van der Waals surface area contributed by atoms with E-state index in [0.29, 0.717) is 5.56 Å². The molecule has 0 saturated heterocycles. The normalized spacial score (nSPS) is 11.2. The van der Waals surface area contributed by atoms with Crippen molar-refractivity contribution >= 4 is 17.3 Å². The lowest BCUT2D eigenvalue weighted by atomic mass is 9.98.